The van der Waals surface area contributed by atoms with E-state index in [1.165, 1.54) is 32.1 Å². The molecule has 5 unspecified atom stereocenters. The summed E-state index contributed by atoms with van der Waals surface area (Å²) in [4.78, 5) is 0. The summed E-state index contributed by atoms with van der Waals surface area (Å²) >= 11 is 0. The lowest BCUT2D eigenvalue weighted by Crippen LogP contribution is -2.48. The van der Waals surface area contributed by atoms with Crippen molar-refractivity contribution < 1.29 is 0 Å². The van der Waals surface area contributed by atoms with Gasteiger partial charge in [-0.2, -0.15) is 0 Å². The van der Waals surface area contributed by atoms with Crippen LogP contribution < -0.4 is 0 Å². The maximum Gasteiger partial charge on any atom is -0.0326 e. The van der Waals surface area contributed by atoms with Crippen LogP contribution in [-0.2, 0) is 0 Å². The van der Waals surface area contributed by atoms with E-state index in [2.05, 4.69) is 41.5 Å². The fourth-order valence-electron chi connectivity index (χ4n) is 4.33. The normalized spacial score (nSPS) is 34.8. The minimum Gasteiger partial charge on any atom is -0.0651 e. The zero-order chi connectivity index (χ0) is 13.0. The first-order valence-electron chi connectivity index (χ1n) is 8.10. The molecule has 0 bridgehead atoms. The maximum atomic E-state index is 2.51. The van der Waals surface area contributed by atoms with E-state index in [-0.39, 0.29) is 0 Å². The zero-order valence-electron chi connectivity index (χ0n) is 13.0. The molecule has 1 aliphatic carbocycles. The lowest BCUT2D eigenvalue weighted by molar-refractivity contribution is -0.0620. The van der Waals surface area contributed by atoms with Gasteiger partial charge in [-0.3, -0.25) is 0 Å². The van der Waals surface area contributed by atoms with Crippen molar-refractivity contribution in [2.75, 3.05) is 0 Å². The van der Waals surface area contributed by atoms with Crippen molar-refractivity contribution in [1.82, 2.24) is 0 Å². The molecule has 1 aliphatic rings. The molecule has 0 nitrogen and oxygen atoms in total. The fraction of sp³-hybridized carbons (Fsp3) is 1.00. The zero-order valence-corrected chi connectivity index (χ0v) is 13.0. The molecule has 1 saturated carbocycles. The molecule has 0 aliphatic heterocycles. The second kappa shape index (κ2) is 6.81. The number of hydrogen-bond acceptors (Lipinski definition) is 0. The van der Waals surface area contributed by atoms with E-state index in [9.17, 15) is 0 Å². The van der Waals surface area contributed by atoms with E-state index < -0.39 is 0 Å². The van der Waals surface area contributed by atoms with Gasteiger partial charge < -0.3 is 0 Å². The van der Waals surface area contributed by atoms with Crippen LogP contribution in [0.5, 0.6) is 0 Å². The van der Waals surface area contributed by atoms with Crippen LogP contribution in [0.2, 0.25) is 0 Å². The molecule has 0 aromatic heterocycles. The van der Waals surface area contributed by atoms with Crippen molar-refractivity contribution in [3.05, 3.63) is 0 Å². The first kappa shape index (κ1) is 15.1. The van der Waals surface area contributed by atoms with E-state index in [0.29, 0.717) is 0 Å². The second-order valence-electron chi connectivity index (χ2n) is 6.48. The second-order valence-corrected chi connectivity index (χ2v) is 6.48. The summed E-state index contributed by atoms with van der Waals surface area (Å²) in [7, 11) is 0. The van der Waals surface area contributed by atoms with Gasteiger partial charge in [0.15, 0.2) is 0 Å². The van der Waals surface area contributed by atoms with Gasteiger partial charge >= 0.3 is 0 Å². The highest BCUT2D eigenvalue weighted by Crippen LogP contribution is 2.54. The van der Waals surface area contributed by atoms with Crippen LogP contribution in [0.15, 0.2) is 0 Å². The monoisotopic (exact) mass is 238 g/mol. The molecule has 5 atom stereocenters. The van der Waals surface area contributed by atoms with Gasteiger partial charge in [0.05, 0.1) is 0 Å². The van der Waals surface area contributed by atoms with Crippen LogP contribution in [0.3, 0.4) is 0 Å². The predicted molar refractivity (Wildman–Crippen MR) is 78.1 cm³/mol. The summed E-state index contributed by atoms with van der Waals surface area (Å²) in [5.41, 5.74) is 0. The third-order valence-corrected chi connectivity index (χ3v) is 5.87. The number of hydrogen-bond donors (Lipinski definition) is 0. The molecule has 102 valence electrons. The van der Waals surface area contributed by atoms with Crippen LogP contribution in [0.25, 0.3) is 0 Å². The fourth-order valence-corrected chi connectivity index (χ4v) is 4.33. The molecule has 1 fully saturated rings. The number of rotatable bonds is 7. The summed E-state index contributed by atoms with van der Waals surface area (Å²) in [6.07, 6.45) is 7.02. The lowest BCUT2D eigenvalue weighted by atomic mass is 9.50. The maximum absolute atomic E-state index is 2.51. The van der Waals surface area contributed by atoms with Crippen LogP contribution in [0.1, 0.15) is 73.6 Å². The third-order valence-electron chi connectivity index (χ3n) is 5.87. The van der Waals surface area contributed by atoms with Crippen molar-refractivity contribution >= 4 is 0 Å². The highest BCUT2D eigenvalue weighted by atomic mass is 14.5. The van der Waals surface area contributed by atoms with E-state index >= 15 is 0 Å². The van der Waals surface area contributed by atoms with Gasteiger partial charge in [-0.05, 0) is 41.9 Å². The molecule has 0 aromatic rings. The SMILES string of the molecule is CCC(CC)CC1C(C)C(CC)C1C(C)CC. The Hall–Kier alpha value is 0. The van der Waals surface area contributed by atoms with Gasteiger partial charge in [0, 0.05) is 0 Å². The Kier molecular flexibility index (Phi) is 6.03. The Morgan fingerprint density at radius 2 is 1.47 bits per heavy atom. The van der Waals surface area contributed by atoms with Gasteiger partial charge in [-0.25, -0.2) is 0 Å². The van der Waals surface area contributed by atoms with Gasteiger partial charge in [0.1, 0.15) is 0 Å². The van der Waals surface area contributed by atoms with Crippen molar-refractivity contribution in [2.24, 2.45) is 35.5 Å². The van der Waals surface area contributed by atoms with Crippen molar-refractivity contribution in [2.45, 2.75) is 73.6 Å². The molecule has 0 aromatic carbocycles. The van der Waals surface area contributed by atoms with Gasteiger partial charge in [0.25, 0.3) is 0 Å². The minimum absolute atomic E-state index is 0.940. The van der Waals surface area contributed by atoms with Crippen LogP contribution in [-0.4, -0.2) is 0 Å². The highest BCUT2D eigenvalue weighted by Gasteiger charge is 2.48. The van der Waals surface area contributed by atoms with Gasteiger partial charge in [-0.1, -0.05) is 67.2 Å². The Bertz CT molecular complexity index is 204. The Morgan fingerprint density at radius 1 is 0.882 bits per heavy atom. The molecule has 0 heteroatoms. The quantitative estimate of drug-likeness (QED) is 0.528. The first-order chi connectivity index (χ1) is 8.10. The molecule has 17 heavy (non-hydrogen) atoms. The summed E-state index contributed by atoms with van der Waals surface area (Å²) in [5, 5.41) is 0. The molecule has 0 N–H and O–H groups in total. The smallest absolute Gasteiger partial charge is 0.0326 e. The minimum atomic E-state index is 0.940. The molecule has 0 amide bonds. The summed E-state index contributed by atoms with van der Waals surface area (Å²) in [5.74, 6) is 5.98. The van der Waals surface area contributed by atoms with Crippen molar-refractivity contribution in [1.29, 1.82) is 0 Å². The van der Waals surface area contributed by atoms with Gasteiger partial charge in [-0.15, -0.1) is 0 Å². The Labute approximate surface area is 110 Å². The van der Waals surface area contributed by atoms with Crippen molar-refractivity contribution in [3.63, 3.8) is 0 Å². The molecule has 0 heterocycles. The summed E-state index contributed by atoms with van der Waals surface area (Å²) < 4.78 is 0. The molecular formula is C17H34. The summed E-state index contributed by atoms with van der Waals surface area (Å²) in [6.45, 7) is 14.5. The average Bonchev–Trinajstić information content (AvgIpc) is 2.36. The Morgan fingerprint density at radius 3 is 1.88 bits per heavy atom. The van der Waals surface area contributed by atoms with Crippen LogP contribution in [0.4, 0.5) is 0 Å². The largest absolute Gasteiger partial charge is 0.0651 e. The molecule has 1 rings (SSSR count). The highest BCUT2D eigenvalue weighted by molar-refractivity contribution is 4.96. The molecule has 0 radical (unpaired) electrons. The standard InChI is InChI=1S/C17H34/c1-7-12(5)17-15(10-4)13(6)16(17)11-14(8-2)9-3/h12-17H,7-11H2,1-6H3. The topological polar surface area (TPSA) is 0 Å². The molecule has 0 spiro atoms. The van der Waals surface area contributed by atoms with Crippen molar-refractivity contribution in [3.8, 4) is 0 Å². The van der Waals surface area contributed by atoms with E-state index in [1.54, 1.807) is 0 Å². The van der Waals surface area contributed by atoms with E-state index in [0.717, 1.165) is 35.5 Å². The van der Waals surface area contributed by atoms with E-state index in [1.807, 2.05) is 0 Å². The molecule has 0 saturated heterocycles. The first-order valence-corrected chi connectivity index (χ1v) is 8.10. The van der Waals surface area contributed by atoms with E-state index in [4.69, 9.17) is 0 Å². The van der Waals surface area contributed by atoms with Crippen LogP contribution in [0, 0.1) is 35.5 Å². The molecular weight excluding hydrogens is 204 g/mol. The summed E-state index contributed by atoms with van der Waals surface area (Å²) in [6, 6.07) is 0. The third kappa shape index (κ3) is 3.06. The van der Waals surface area contributed by atoms with Crippen LogP contribution >= 0.6 is 0 Å². The average molecular weight is 238 g/mol. The Balaban J connectivity index is 2.63. The van der Waals surface area contributed by atoms with Gasteiger partial charge in [0.2, 0.25) is 0 Å². The predicted octanol–water partition coefficient (Wildman–Crippen LogP) is 5.77. The lowest BCUT2D eigenvalue weighted by Gasteiger charge is -2.55.